The summed E-state index contributed by atoms with van der Waals surface area (Å²) in [6.45, 7) is 4.67. The lowest BCUT2D eigenvalue weighted by Gasteiger charge is -2.39. The van der Waals surface area contributed by atoms with Crippen molar-refractivity contribution in [1.29, 1.82) is 0 Å². The Balaban J connectivity index is 2.51. The van der Waals surface area contributed by atoms with Gasteiger partial charge in [0.25, 0.3) is 0 Å². The first-order valence-corrected chi connectivity index (χ1v) is 10.5. The van der Waals surface area contributed by atoms with Crippen molar-refractivity contribution in [3.8, 4) is 5.75 Å². The summed E-state index contributed by atoms with van der Waals surface area (Å²) in [5, 5.41) is 10.2. The summed E-state index contributed by atoms with van der Waals surface area (Å²) in [4.78, 5) is 13.0. The first-order chi connectivity index (χ1) is 12.6. The maximum Gasteiger partial charge on any atom is 0.330 e. The van der Waals surface area contributed by atoms with E-state index in [4.69, 9.17) is 9.47 Å². The first-order valence-electron chi connectivity index (χ1n) is 9.08. The molecule has 0 spiro atoms. The van der Waals surface area contributed by atoms with Gasteiger partial charge in [-0.3, -0.25) is 0 Å². The zero-order valence-corrected chi connectivity index (χ0v) is 17.2. The summed E-state index contributed by atoms with van der Waals surface area (Å²) >= 11 is 0. The van der Waals surface area contributed by atoms with E-state index in [-0.39, 0.29) is 17.9 Å². The number of carbonyl (C=O) groups is 1. The molecule has 1 aromatic carbocycles. The molecule has 0 radical (unpaired) electrons. The number of methoxy groups -OCH3 is 1. The Hall–Kier alpha value is -1.64. The highest BCUT2D eigenvalue weighted by Crippen LogP contribution is 2.35. The molecule has 1 aromatic rings. The summed E-state index contributed by atoms with van der Waals surface area (Å²) in [5.74, 6) is -0.179. The van der Waals surface area contributed by atoms with Crippen LogP contribution in [0.4, 0.5) is 0 Å². The predicted molar refractivity (Wildman–Crippen MR) is 101 cm³/mol. The number of aliphatic hydroxyl groups excluding tert-OH is 1. The molecule has 1 N–H and O–H groups in total. The number of hydrogen-bond acceptors (Lipinski definition) is 6. The minimum atomic E-state index is -4.01. The lowest BCUT2D eigenvalue weighted by molar-refractivity contribution is -0.169. The van der Waals surface area contributed by atoms with Crippen molar-refractivity contribution in [3.05, 3.63) is 24.3 Å². The summed E-state index contributed by atoms with van der Waals surface area (Å²) in [6, 6.07) is 5.99. The molecular formula is C19H29NO6S. The van der Waals surface area contributed by atoms with E-state index in [1.54, 1.807) is 32.9 Å². The molecule has 0 bridgehead atoms. The summed E-state index contributed by atoms with van der Waals surface area (Å²) in [5.41, 5.74) is -2.41. The molecule has 27 heavy (non-hydrogen) atoms. The second kappa shape index (κ2) is 8.16. The van der Waals surface area contributed by atoms with E-state index in [9.17, 15) is 18.3 Å². The minimum Gasteiger partial charge on any atom is -0.497 e. The van der Waals surface area contributed by atoms with Crippen LogP contribution >= 0.6 is 0 Å². The Bertz CT molecular complexity index is 753. The van der Waals surface area contributed by atoms with E-state index < -0.39 is 33.7 Å². The molecule has 0 amide bonds. The lowest BCUT2D eigenvalue weighted by Crippen LogP contribution is -2.60. The molecule has 2 rings (SSSR count). The number of benzene rings is 1. The maximum absolute atomic E-state index is 13.4. The molecular weight excluding hydrogens is 370 g/mol. The van der Waals surface area contributed by atoms with Crippen LogP contribution in [0.3, 0.4) is 0 Å². The average molecular weight is 400 g/mol. The van der Waals surface area contributed by atoms with Crippen molar-refractivity contribution in [2.24, 2.45) is 0 Å². The van der Waals surface area contributed by atoms with Gasteiger partial charge in [-0.2, -0.15) is 4.31 Å². The van der Waals surface area contributed by atoms with Gasteiger partial charge in [-0.05, 0) is 57.9 Å². The number of ether oxygens (including phenoxy) is 2. The molecule has 1 heterocycles. The second-order valence-electron chi connectivity index (χ2n) is 7.75. The quantitative estimate of drug-likeness (QED) is 0.764. The number of sulfonamides is 1. The van der Waals surface area contributed by atoms with Gasteiger partial charge in [-0.25, -0.2) is 13.2 Å². The summed E-state index contributed by atoms with van der Waals surface area (Å²) in [6.07, 6.45) is 2.24. The minimum absolute atomic E-state index is 0.0478. The molecule has 0 saturated carbocycles. The van der Waals surface area contributed by atoms with Gasteiger partial charge in [0.15, 0.2) is 5.54 Å². The Morgan fingerprint density at radius 1 is 1.19 bits per heavy atom. The number of hydrogen-bond donors (Lipinski definition) is 1. The van der Waals surface area contributed by atoms with Crippen molar-refractivity contribution >= 4 is 16.0 Å². The Labute approximate surface area is 161 Å². The standard InChI is InChI=1S/C19H29NO6S/c1-18(2,3)26-17(22)19(14-21)12-6-5-7-13-20(19)27(23,24)16-10-8-15(25-4)9-11-16/h8-11,21H,5-7,12-14H2,1-4H3. The van der Waals surface area contributed by atoms with Crippen molar-refractivity contribution in [1.82, 2.24) is 4.31 Å². The molecule has 8 heteroatoms. The van der Waals surface area contributed by atoms with Crippen LogP contribution in [0.5, 0.6) is 5.75 Å². The first kappa shape index (κ1) is 21.7. The molecule has 0 aliphatic carbocycles. The molecule has 7 nitrogen and oxygen atoms in total. The van der Waals surface area contributed by atoms with Gasteiger partial charge in [-0.15, -0.1) is 0 Å². The van der Waals surface area contributed by atoms with Crippen molar-refractivity contribution in [2.75, 3.05) is 20.3 Å². The Morgan fingerprint density at radius 3 is 2.33 bits per heavy atom. The normalized spacial score (nSPS) is 22.1. The molecule has 0 aromatic heterocycles. The largest absolute Gasteiger partial charge is 0.497 e. The topological polar surface area (TPSA) is 93.1 Å². The number of nitrogens with zero attached hydrogens (tertiary/aromatic N) is 1. The van der Waals surface area contributed by atoms with Crippen LogP contribution in [0.15, 0.2) is 29.2 Å². The van der Waals surface area contributed by atoms with Crippen LogP contribution in [0.1, 0.15) is 46.5 Å². The zero-order chi connectivity index (χ0) is 20.3. The molecule has 152 valence electrons. The van der Waals surface area contributed by atoms with E-state index in [0.29, 0.717) is 18.6 Å². The maximum atomic E-state index is 13.4. The van der Waals surface area contributed by atoms with Gasteiger partial charge < -0.3 is 14.6 Å². The van der Waals surface area contributed by atoms with E-state index in [0.717, 1.165) is 10.7 Å². The van der Waals surface area contributed by atoms with Crippen LogP contribution in [-0.2, 0) is 19.6 Å². The highest BCUT2D eigenvalue weighted by Gasteiger charge is 2.52. The average Bonchev–Trinajstić information content (AvgIpc) is 2.84. The van der Waals surface area contributed by atoms with Gasteiger partial charge in [0.1, 0.15) is 11.4 Å². The van der Waals surface area contributed by atoms with E-state index in [1.807, 2.05) is 0 Å². The second-order valence-corrected chi connectivity index (χ2v) is 9.62. The van der Waals surface area contributed by atoms with Crippen LogP contribution in [0.25, 0.3) is 0 Å². The molecule has 1 unspecified atom stereocenters. The number of esters is 1. The predicted octanol–water partition coefficient (Wildman–Crippen LogP) is 2.33. The van der Waals surface area contributed by atoms with Gasteiger partial charge in [0, 0.05) is 6.54 Å². The van der Waals surface area contributed by atoms with Gasteiger partial charge in [0.05, 0.1) is 18.6 Å². The third-order valence-corrected chi connectivity index (χ3v) is 6.60. The highest BCUT2D eigenvalue weighted by atomic mass is 32.2. The lowest BCUT2D eigenvalue weighted by atomic mass is 9.94. The Kier molecular flexibility index (Phi) is 6.55. The van der Waals surface area contributed by atoms with Crippen LogP contribution in [0, 0.1) is 0 Å². The molecule has 1 aliphatic heterocycles. The SMILES string of the molecule is COc1ccc(S(=O)(=O)N2CCCCCC2(CO)C(=O)OC(C)(C)C)cc1. The third kappa shape index (κ3) is 4.62. The van der Waals surface area contributed by atoms with Gasteiger partial charge >= 0.3 is 5.97 Å². The van der Waals surface area contributed by atoms with Crippen molar-refractivity contribution in [2.45, 2.75) is 62.5 Å². The summed E-state index contributed by atoms with van der Waals surface area (Å²) in [7, 11) is -2.52. The fourth-order valence-electron chi connectivity index (χ4n) is 3.21. The van der Waals surface area contributed by atoms with E-state index in [2.05, 4.69) is 0 Å². The fourth-order valence-corrected chi connectivity index (χ4v) is 5.00. The zero-order valence-electron chi connectivity index (χ0n) is 16.4. The number of carbonyl (C=O) groups excluding carboxylic acids is 1. The molecule has 1 fully saturated rings. The highest BCUT2D eigenvalue weighted by molar-refractivity contribution is 7.89. The van der Waals surface area contributed by atoms with Crippen molar-refractivity contribution < 1.29 is 27.8 Å². The molecule has 1 saturated heterocycles. The monoisotopic (exact) mass is 399 g/mol. The third-order valence-electron chi connectivity index (χ3n) is 4.62. The van der Waals surface area contributed by atoms with Crippen LogP contribution < -0.4 is 4.74 Å². The Morgan fingerprint density at radius 2 is 1.81 bits per heavy atom. The van der Waals surface area contributed by atoms with Crippen LogP contribution in [-0.4, -0.2) is 55.2 Å². The molecule has 1 atom stereocenters. The summed E-state index contributed by atoms with van der Waals surface area (Å²) < 4.78 is 38.4. The van der Waals surface area contributed by atoms with E-state index in [1.165, 1.54) is 19.2 Å². The van der Waals surface area contributed by atoms with E-state index >= 15 is 0 Å². The van der Waals surface area contributed by atoms with Crippen LogP contribution in [0.2, 0.25) is 0 Å². The van der Waals surface area contributed by atoms with Gasteiger partial charge in [0.2, 0.25) is 10.0 Å². The van der Waals surface area contributed by atoms with Crippen molar-refractivity contribution in [3.63, 3.8) is 0 Å². The number of rotatable bonds is 5. The smallest absolute Gasteiger partial charge is 0.330 e. The fraction of sp³-hybridized carbons (Fsp3) is 0.632. The van der Waals surface area contributed by atoms with Gasteiger partial charge in [-0.1, -0.05) is 12.8 Å². The number of aliphatic hydroxyl groups is 1. The molecule has 1 aliphatic rings.